The van der Waals surface area contributed by atoms with Gasteiger partial charge in [-0.3, -0.25) is 8.37 Å². The molecule has 13 heteroatoms. The Morgan fingerprint density at radius 2 is 1.36 bits per heavy atom. The molecule has 0 saturated heterocycles. The minimum absolute atomic E-state index is 0.184. The third-order valence-electron chi connectivity index (χ3n) is 3.41. The molecule has 1 aromatic rings. The van der Waals surface area contributed by atoms with Crippen LogP contribution in [0.3, 0.4) is 0 Å². The van der Waals surface area contributed by atoms with Crippen molar-refractivity contribution in [3.05, 3.63) is 24.3 Å². The summed E-state index contributed by atoms with van der Waals surface area (Å²) in [6.07, 6.45) is 1.36. The lowest BCUT2D eigenvalue weighted by Gasteiger charge is -2.17. The van der Waals surface area contributed by atoms with Crippen LogP contribution in [0.15, 0.2) is 24.3 Å². The summed E-state index contributed by atoms with van der Waals surface area (Å²) < 4.78 is 88.9. The van der Waals surface area contributed by atoms with E-state index < -0.39 is 54.3 Å². The van der Waals surface area contributed by atoms with Crippen LogP contribution in [0.2, 0.25) is 0 Å². The average molecular weight is 461 g/mol. The summed E-state index contributed by atoms with van der Waals surface area (Å²) in [6, 6.07) is 6.51. The number of benzene rings is 1. The first-order valence-corrected chi connectivity index (χ1v) is 13.3. The fraction of sp³-hybridized carbons (Fsp3) is 0.600. The van der Waals surface area contributed by atoms with Crippen LogP contribution in [-0.4, -0.2) is 75.7 Å². The Balaban J connectivity index is 2.71. The van der Waals surface area contributed by atoms with Crippen LogP contribution >= 0.6 is 0 Å². The predicted molar refractivity (Wildman–Crippen MR) is 102 cm³/mol. The van der Waals surface area contributed by atoms with Gasteiger partial charge in [-0.15, -0.1) is 0 Å². The van der Waals surface area contributed by atoms with E-state index in [2.05, 4.69) is 8.37 Å². The molecule has 0 aromatic heterocycles. The van der Waals surface area contributed by atoms with Crippen LogP contribution in [0.4, 0.5) is 0 Å². The van der Waals surface area contributed by atoms with E-state index in [4.69, 9.17) is 9.47 Å². The van der Waals surface area contributed by atoms with Crippen LogP contribution in [0, 0.1) is 0 Å². The summed E-state index contributed by atoms with van der Waals surface area (Å²) in [7, 11) is -9.98. The van der Waals surface area contributed by atoms with Crippen LogP contribution < -0.4 is 9.47 Å². The van der Waals surface area contributed by atoms with Gasteiger partial charge in [-0.1, -0.05) is 0 Å². The first kappa shape index (κ1) is 24.6. The van der Waals surface area contributed by atoms with Crippen LogP contribution in [0.25, 0.3) is 0 Å². The van der Waals surface area contributed by atoms with Gasteiger partial charge in [-0.2, -0.15) is 16.8 Å². The Kier molecular flexibility index (Phi) is 9.14. The zero-order chi connectivity index (χ0) is 21.4. The van der Waals surface area contributed by atoms with E-state index in [1.807, 2.05) is 0 Å². The van der Waals surface area contributed by atoms with Gasteiger partial charge in [0.05, 0.1) is 43.8 Å². The molecular formula is C15H24O10S3. The predicted octanol–water partition coefficient (Wildman–Crippen LogP) is 0.200. The molecule has 0 fully saturated rings. The van der Waals surface area contributed by atoms with Crippen molar-refractivity contribution in [1.29, 1.82) is 0 Å². The summed E-state index contributed by atoms with van der Waals surface area (Å²) in [5.74, 6) is 0.625. The smallest absolute Gasteiger partial charge is 0.264 e. The third-order valence-corrected chi connectivity index (χ3v) is 6.69. The molecule has 0 heterocycles. The Bertz CT molecular complexity index is 919. The monoisotopic (exact) mass is 460 g/mol. The molecule has 0 radical (unpaired) electrons. The van der Waals surface area contributed by atoms with Crippen molar-refractivity contribution in [3.8, 4) is 11.5 Å². The summed E-state index contributed by atoms with van der Waals surface area (Å²) in [4.78, 5) is 0. The summed E-state index contributed by atoms with van der Waals surface area (Å²) >= 11 is 0. The molecule has 10 nitrogen and oxygen atoms in total. The first-order chi connectivity index (χ1) is 12.8. The highest BCUT2D eigenvalue weighted by atomic mass is 32.2. The normalized spacial score (nSPS) is 13.8. The zero-order valence-corrected chi connectivity index (χ0v) is 18.2. The molecule has 1 unspecified atom stereocenters. The van der Waals surface area contributed by atoms with Gasteiger partial charge in [0.25, 0.3) is 20.2 Å². The van der Waals surface area contributed by atoms with Gasteiger partial charge < -0.3 is 9.47 Å². The molecule has 1 rings (SSSR count). The minimum atomic E-state index is -3.87. The van der Waals surface area contributed by atoms with Gasteiger partial charge >= 0.3 is 0 Å². The number of methoxy groups -OCH3 is 1. The first-order valence-electron chi connectivity index (χ1n) is 7.99. The standard InChI is InChI=1S/C15H24O10S3/c1-22-13-4-6-14(7-5-13)23-10-11-28(20,21)15(12-25-27(3,18)19)8-9-24-26(2,16)17/h4-7,15H,8-12H2,1-3H3. The molecule has 0 aliphatic rings. The molecular weight excluding hydrogens is 436 g/mol. The number of hydrogen-bond acceptors (Lipinski definition) is 10. The van der Waals surface area contributed by atoms with E-state index in [0.717, 1.165) is 12.5 Å². The molecule has 0 spiro atoms. The van der Waals surface area contributed by atoms with E-state index in [-0.39, 0.29) is 13.0 Å². The molecule has 0 aliphatic carbocycles. The Labute approximate surface area is 165 Å². The van der Waals surface area contributed by atoms with Crippen molar-refractivity contribution >= 4 is 30.1 Å². The highest BCUT2D eigenvalue weighted by molar-refractivity contribution is 7.92. The topological polar surface area (TPSA) is 139 Å². The van der Waals surface area contributed by atoms with Gasteiger partial charge in [0.15, 0.2) is 9.84 Å². The molecule has 0 amide bonds. The van der Waals surface area contributed by atoms with Gasteiger partial charge in [-0.25, -0.2) is 8.42 Å². The average Bonchev–Trinajstić information content (AvgIpc) is 2.56. The maximum absolute atomic E-state index is 12.5. The van der Waals surface area contributed by atoms with Gasteiger partial charge in [0.2, 0.25) is 0 Å². The second-order valence-corrected chi connectivity index (χ2v) is 11.5. The molecule has 1 atom stereocenters. The maximum Gasteiger partial charge on any atom is 0.264 e. The second-order valence-electron chi connectivity index (χ2n) is 5.82. The maximum atomic E-state index is 12.5. The molecule has 28 heavy (non-hydrogen) atoms. The van der Waals surface area contributed by atoms with Crippen molar-refractivity contribution in [2.75, 3.05) is 45.2 Å². The van der Waals surface area contributed by atoms with Crippen LogP contribution in [0.5, 0.6) is 11.5 Å². The number of ether oxygens (including phenoxy) is 2. The molecule has 1 aromatic carbocycles. The zero-order valence-electron chi connectivity index (χ0n) is 15.7. The van der Waals surface area contributed by atoms with E-state index in [1.165, 1.54) is 7.11 Å². The van der Waals surface area contributed by atoms with Gasteiger partial charge in [0.1, 0.15) is 18.1 Å². The fourth-order valence-electron chi connectivity index (χ4n) is 2.01. The van der Waals surface area contributed by atoms with Crippen molar-refractivity contribution in [3.63, 3.8) is 0 Å². The number of rotatable bonds is 13. The molecule has 0 N–H and O–H groups in total. The van der Waals surface area contributed by atoms with E-state index in [1.54, 1.807) is 24.3 Å². The van der Waals surface area contributed by atoms with E-state index in [0.29, 0.717) is 11.5 Å². The van der Waals surface area contributed by atoms with Crippen molar-refractivity contribution in [2.45, 2.75) is 11.7 Å². The third kappa shape index (κ3) is 10.2. The lowest BCUT2D eigenvalue weighted by atomic mass is 10.3. The van der Waals surface area contributed by atoms with E-state index >= 15 is 0 Å². The quantitative estimate of drug-likeness (QED) is 0.375. The van der Waals surface area contributed by atoms with Crippen molar-refractivity contribution < 1.29 is 43.1 Å². The number of hydrogen-bond donors (Lipinski definition) is 0. The van der Waals surface area contributed by atoms with Crippen molar-refractivity contribution in [2.24, 2.45) is 0 Å². The summed E-state index contributed by atoms with van der Waals surface area (Å²) in [6.45, 7) is -1.25. The van der Waals surface area contributed by atoms with Crippen LogP contribution in [-0.2, 0) is 38.4 Å². The SMILES string of the molecule is COc1ccc(OCCS(=O)(=O)C(CCOS(C)(=O)=O)COS(C)(=O)=O)cc1. The summed E-state index contributed by atoms with van der Waals surface area (Å²) in [5, 5.41) is -1.27. The van der Waals surface area contributed by atoms with Gasteiger partial charge in [0, 0.05) is 0 Å². The lowest BCUT2D eigenvalue weighted by Crippen LogP contribution is -2.33. The largest absolute Gasteiger partial charge is 0.497 e. The summed E-state index contributed by atoms with van der Waals surface area (Å²) in [5.41, 5.74) is 0. The minimum Gasteiger partial charge on any atom is -0.497 e. The Morgan fingerprint density at radius 3 is 1.86 bits per heavy atom. The van der Waals surface area contributed by atoms with Gasteiger partial charge in [-0.05, 0) is 30.7 Å². The van der Waals surface area contributed by atoms with Crippen molar-refractivity contribution in [1.82, 2.24) is 0 Å². The highest BCUT2D eigenvalue weighted by Crippen LogP contribution is 2.17. The van der Waals surface area contributed by atoms with E-state index in [9.17, 15) is 25.3 Å². The lowest BCUT2D eigenvalue weighted by molar-refractivity contribution is 0.273. The molecule has 0 saturated carbocycles. The Hall–Kier alpha value is -1.41. The molecule has 162 valence electrons. The second kappa shape index (κ2) is 10.4. The highest BCUT2D eigenvalue weighted by Gasteiger charge is 2.27. The number of sulfone groups is 1. The van der Waals surface area contributed by atoms with Crippen LogP contribution in [0.1, 0.15) is 6.42 Å². The fourth-order valence-corrected chi connectivity index (χ4v) is 4.29. The molecule has 0 aliphatic heterocycles. The molecule has 0 bridgehead atoms. The Morgan fingerprint density at radius 1 is 0.821 bits per heavy atom.